The molecule has 1 aliphatic carbocycles. The average molecular weight is 271 g/mol. The molecule has 108 valence electrons. The third kappa shape index (κ3) is 3.20. The van der Waals surface area contributed by atoms with Crippen LogP contribution in [0.4, 0.5) is 0 Å². The number of nitrogens with zero attached hydrogens (tertiary/aromatic N) is 2. The highest BCUT2D eigenvalue weighted by molar-refractivity contribution is 5.34. The van der Waals surface area contributed by atoms with Crippen molar-refractivity contribution in [3.05, 3.63) is 35.4 Å². The second-order valence-corrected chi connectivity index (χ2v) is 5.93. The Balaban J connectivity index is 2.14. The molecule has 2 N–H and O–H groups in total. The quantitative estimate of drug-likeness (QED) is 0.915. The Morgan fingerprint density at radius 2 is 2.15 bits per heavy atom. The summed E-state index contributed by atoms with van der Waals surface area (Å²) in [4.78, 5) is 2.45. The Labute approximate surface area is 122 Å². The summed E-state index contributed by atoms with van der Waals surface area (Å²) in [5.74, 6) is 0.607. The second-order valence-electron chi connectivity index (χ2n) is 5.93. The number of hydrogen-bond donors (Lipinski definition) is 1. The van der Waals surface area contributed by atoms with E-state index < -0.39 is 0 Å². The van der Waals surface area contributed by atoms with Gasteiger partial charge in [0, 0.05) is 12.1 Å². The molecular formula is C17H25N3. The molecule has 1 aliphatic rings. The summed E-state index contributed by atoms with van der Waals surface area (Å²) in [6.45, 7) is 3.00. The van der Waals surface area contributed by atoms with Crippen LogP contribution in [0.3, 0.4) is 0 Å². The largest absolute Gasteiger partial charge is 0.330 e. The topological polar surface area (TPSA) is 53.0 Å². The summed E-state index contributed by atoms with van der Waals surface area (Å²) in [7, 11) is 2.20. The molecule has 0 aliphatic heterocycles. The first-order valence-electron chi connectivity index (χ1n) is 7.59. The van der Waals surface area contributed by atoms with Gasteiger partial charge in [-0.2, -0.15) is 5.26 Å². The lowest BCUT2D eigenvalue weighted by atomic mass is 9.83. The molecule has 3 nitrogen and oxygen atoms in total. The molecule has 3 unspecified atom stereocenters. The van der Waals surface area contributed by atoms with Crippen molar-refractivity contribution in [1.82, 2.24) is 4.90 Å². The van der Waals surface area contributed by atoms with Gasteiger partial charge in [0.05, 0.1) is 11.6 Å². The van der Waals surface area contributed by atoms with Gasteiger partial charge in [-0.15, -0.1) is 0 Å². The van der Waals surface area contributed by atoms with Crippen LogP contribution in [0.1, 0.15) is 49.8 Å². The Morgan fingerprint density at radius 3 is 2.85 bits per heavy atom. The fourth-order valence-electron chi connectivity index (χ4n) is 3.39. The minimum atomic E-state index is 0.320. The lowest BCUT2D eigenvalue weighted by Crippen LogP contribution is -2.44. The minimum Gasteiger partial charge on any atom is -0.330 e. The number of rotatable bonds is 4. The fourth-order valence-corrected chi connectivity index (χ4v) is 3.39. The van der Waals surface area contributed by atoms with Crippen molar-refractivity contribution in [2.75, 3.05) is 13.6 Å². The molecule has 2 rings (SSSR count). The Hall–Kier alpha value is -1.37. The van der Waals surface area contributed by atoms with Crippen LogP contribution in [0.25, 0.3) is 0 Å². The molecule has 1 aromatic rings. The van der Waals surface area contributed by atoms with E-state index in [-0.39, 0.29) is 0 Å². The van der Waals surface area contributed by atoms with Crippen LogP contribution >= 0.6 is 0 Å². The SMILES string of the molecule is CC(c1cccc(C#N)c1)N(C)C1CCCCC1CN. The van der Waals surface area contributed by atoms with Crippen LogP contribution in [0, 0.1) is 17.2 Å². The highest BCUT2D eigenvalue weighted by atomic mass is 15.2. The van der Waals surface area contributed by atoms with E-state index in [0.717, 1.165) is 12.1 Å². The van der Waals surface area contributed by atoms with Gasteiger partial charge < -0.3 is 5.73 Å². The molecular weight excluding hydrogens is 246 g/mol. The summed E-state index contributed by atoms with van der Waals surface area (Å²) in [5.41, 5.74) is 7.90. The maximum absolute atomic E-state index is 9.03. The Bertz CT molecular complexity index is 477. The van der Waals surface area contributed by atoms with Gasteiger partial charge in [-0.25, -0.2) is 0 Å². The zero-order valence-corrected chi connectivity index (χ0v) is 12.5. The van der Waals surface area contributed by atoms with Crippen LogP contribution in [-0.4, -0.2) is 24.5 Å². The van der Waals surface area contributed by atoms with Crippen molar-refractivity contribution in [3.63, 3.8) is 0 Å². The molecule has 0 spiro atoms. The molecule has 0 bridgehead atoms. The van der Waals surface area contributed by atoms with Crippen LogP contribution in [0.5, 0.6) is 0 Å². The highest BCUT2D eigenvalue weighted by Crippen LogP contribution is 2.32. The smallest absolute Gasteiger partial charge is 0.0991 e. The van der Waals surface area contributed by atoms with Crippen molar-refractivity contribution >= 4 is 0 Å². The summed E-state index contributed by atoms with van der Waals surface area (Å²) >= 11 is 0. The van der Waals surface area contributed by atoms with Crippen LogP contribution < -0.4 is 5.73 Å². The molecule has 0 radical (unpaired) electrons. The van der Waals surface area contributed by atoms with Gasteiger partial charge in [0.1, 0.15) is 0 Å². The molecule has 0 aromatic heterocycles. The van der Waals surface area contributed by atoms with Crippen molar-refractivity contribution in [1.29, 1.82) is 5.26 Å². The molecule has 0 heterocycles. The molecule has 20 heavy (non-hydrogen) atoms. The van der Waals surface area contributed by atoms with Crippen LogP contribution in [0.2, 0.25) is 0 Å². The zero-order chi connectivity index (χ0) is 14.5. The molecule has 3 heteroatoms. The van der Waals surface area contributed by atoms with Crippen molar-refractivity contribution < 1.29 is 0 Å². The van der Waals surface area contributed by atoms with E-state index in [1.54, 1.807) is 0 Å². The summed E-state index contributed by atoms with van der Waals surface area (Å²) in [5, 5.41) is 9.03. The normalized spacial score (nSPS) is 24.4. The van der Waals surface area contributed by atoms with Gasteiger partial charge in [-0.05, 0) is 57.0 Å². The van der Waals surface area contributed by atoms with Gasteiger partial charge in [0.2, 0.25) is 0 Å². The standard InChI is InChI=1S/C17H25N3/c1-13(15-8-5-6-14(10-15)11-18)20(2)17-9-4-3-7-16(17)12-19/h5-6,8,10,13,16-17H,3-4,7,9,12,19H2,1-2H3. The first kappa shape index (κ1) is 15.0. The Morgan fingerprint density at radius 1 is 1.40 bits per heavy atom. The molecule has 1 fully saturated rings. The maximum atomic E-state index is 9.03. The van der Waals surface area contributed by atoms with E-state index in [4.69, 9.17) is 11.0 Å². The van der Waals surface area contributed by atoms with E-state index in [1.165, 1.54) is 31.2 Å². The van der Waals surface area contributed by atoms with Crippen molar-refractivity contribution in [3.8, 4) is 6.07 Å². The molecule has 3 atom stereocenters. The summed E-state index contributed by atoms with van der Waals surface area (Å²) in [6.07, 6.45) is 5.10. The summed E-state index contributed by atoms with van der Waals surface area (Å²) in [6, 6.07) is 11.1. The van der Waals surface area contributed by atoms with Crippen LogP contribution in [-0.2, 0) is 0 Å². The van der Waals surface area contributed by atoms with E-state index >= 15 is 0 Å². The maximum Gasteiger partial charge on any atom is 0.0991 e. The molecule has 1 saturated carbocycles. The van der Waals surface area contributed by atoms with Gasteiger partial charge in [-0.3, -0.25) is 4.90 Å². The van der Waals surface area contributed by atoms with Crippen molar-refractivity contribution in [2.45, 2.75) is 44.7 Å². The first-order valence-corrected chi connectivity index (χ1v) is 7.59. The molecule has 0 amide bonds. The van der Waals surface area contributed by atoms with E-state index in [9.17, 15) is 0 Å². The minimum absolute atomic E-state index is 0.320. The van der Waals surface area contributed by atoms with Gasteiger partial charge in [-0.1, -0.05) is 25.0 Å². The van der Waals surface area contributed by atoms with E-state index in [0.29, 0.717) is 18.0 Å². The predicted octanol–water partition coefficient (Wildman–Crippen LogP) is 3.07. The average Bonchev–Trinajstić information content (AvgIpc) is 2.53. The molecule has 0 saturated heterocycles. The number of benzene rings is 1. The van der Waals surface area contributed by atoms with Crippen molar-refractivity contribution in [2.24, 2.45) is 11.7 Å². The second kappa shape index (κ2) is 6.88. The van der Waals surface area contributed by atoms with Gasteiger partial charge in [0.25, 0.3) is 0 Å². The summed E-state index contributed by atoms with van der Waals surface area (Å²) < 4.78 is 0. The third-order valence-electron chi connectivity index (χ3n) is 4.80. The fraction of sp³-hybridized carbons (Fsp3) is 0.588. The van der Waals surface area contributed by atoms with Gasteiger partial charge in [0.15, 0.2) is 0 Å². The van der Waals surface area contributed by atoms with Crippen LogP contribution in [0.15, 0.2) is 24.3 Å². The van der Waals surface area contributed by atoms with Gasteiger partial charge >= 0.3 is 0 Å². The van der Waals surface area contributed by atoms with E-state index in [2.05, 4.69) is 31.0 Å². The first-order chi connectivity index (χ1) is 9.67. The van der Waals surface area contributed by atoms with E-state index in [1.807, 2.05) is 18.2 Å². The number of nitrogens with two attached hydrogens (primary N) is 1. The number of hydrogen-bond acceptors (Lipinski definition) is 3. The highest BCUT2D eigenvalue weighted by Gasteiger charge is 2.29. The number of nitriles is 1. The lowest BCUT2D eigenvalue weighted by molar-refractivity contribution is 0.0989. The Kier molecular flexibility index (Phi) is 5.17. The third-order valence-corrected chi connectivity index (χ3v) is 4.80. The molecule has 1 aromatic carbocycles. The predicted molar refractivity (Wildman–Crippen MR) is 82.1 cm³/mol. The lowest BCUT2D eigenvalue weighted by Gasteiger charge is -2.40. The monoisotopic (exact) mass is 271 g/mol. The zero-order valence-electron chi connectivity index (χ0n) is 12.5.